The molecule has 0 spiro atoms. The summed E-state index contributed by atoms with van der Waals surface area (Å²) in [6, 6.07) is 5.46. The van der Waals surface area contributed by atoms with E-state index in [0.29, 0.717) is 23.8 Å². The summed E-state index contributed by atoms with van der Waals surface area (Å²) in [5, 5.41) is 0. The summed E-state index contributed by atoms with van der Waals surface area (Å²) in [5.74, 6) is 1.05. The second-order valence-corrected chi connectivity index (χ2v) is 5.40. The molecule has 1 fully saturated rings. The van der Waals surface area contributed by atoms with Crippen LogP contribution < -0.4 is 10.5 Å². The van der Waals surface area contributed by atoms with Crippen LogP contribution in [0.3, 0.4) is 0 Å². The Morgan fingerprint density at radius 3 is 2.89 bits per heavy atom. The maximum absolute atomic E-state index is 12.4. The van der Waals surface area contributed by atoms with Crippen molar-refractivity contribution in [2.45, 2.75) is 6.42 Å². The Kier molecular flexibility index (Phi) is 6.10. The van der Waals surface area contributed by atoms with Crippen molar-refractivity contribution in [2.75, 3.05) is 26.7 Å². The molecular weight excluding hydrogens is 332 g/mol. The Balaban J connectivity index is 0.00000180. The van der Waals surface area contributed by atoms with E-state index < -0.39 is 0 Å². The number of nitrogens with two attached hydrogens (primary N) is 1. The lowest BCUT2D eigenvalue weighted by Gasteiger charge is -2.18. The van der Waals surface area contributed by atoms with Crippen LogP contribution in [0.4, 0.5) is 0 Å². The molecule has 1 amide bonds. The van der Waals surface area contributed by atoms with Crippen molar-refractivity contribution in [1.29, 1.82) is 0 Å². The monoisotopic (exact) mass is 348 g/mol. The van der Waals surface area contributed by atoms with Crippen molar-refractivity contribution in [3.8, 4) is 5.75 Å². The Morgan fingerprint density at radius 2 is 2.32 bits per heavy atom. The summed E-state index contributed by atoms with van der Waals surface area (Å²) in [7, 11) is 1.57. The molecule has 0 aliphatic carbocycles. The van der Waals surface area contributed by atoms with Crippen LogP contribution in [0.1, 0.15) is 16.8 Å². The number of amides is 1. The van der Waals surface area contributed by atoms with E-state index in [1.807, 2.05) is 17.0 Å². The van der Waals surface area contributed by atoms with Crippen molar-refractivity contribution in [3.05, 3.63) is 28.2 Å². The Hall–Kier alpha value is -0.780. The molecule has 0 radical (unpaired) electrons. The smallest absolute Gasteiger partial charge is 0.257 e. The van der Waals surface area contributed by atoms with Gasteiger partial charge in [-0.2, -0.15) is 0 Å². The fourth-order valence-corrected chi connectivity index (χ4v) is 2.56. The van der Waals surface area contributed by atoms with Gasteiger partial charge < -0.3 is 15.4 Å². The lowest BCUT2D eigenvalue weighted by Crippen LogP contribution is -2.30. The highest BCUT2D eigenvalue weighted by Crippen LogP contribution is 2.26. The molecule has 4 nitrogen and oxygen atoms in total. The molecule has 2 N–H and O–H groups in total. The highest BCUT2D eigenvalue weighted by atomic mass is 79.9. The quantitative estimate of drug-likeness (QED) is 0.911. The summed E-state index contributed by atoms with van der Waals surface area (Å²) in [6.45, 7) is 2.16. The van der Waals surface area contributed by atoms with Crippen molar-refractivity contribution in [3.63, 3.8) is 0 Å². The van der Waals surface area contributed by atoms with E-state index in [0.717, 1.165) is 24.0 Å². The second-order valence-electron chi connectivity index (χ2n) is 4.49. The molecule has 1 saturated heterocycles. The highest BCUT2D eigenvalue weighted by Gasteiger charge is 2.27. The molecule has 106 valence electrons. The number of hydrogen-bond acceptors (Lipinski definition) is 3. The first kappa shape index (κ1) is 16.3. The molecule has 1 aliphatic heterocycles. The van der Waals surface area contributed by atoms with Crippen molar-refractivity contribution >= 4 is 34.2 Å². The van der Waals surface area contributed by atoms with Gasteiger partial charge in [0.05, 0.1) is 12.7 Å². The predicted octanol–water partition coefficient (Wildman–Crippen LogP) is 2.30. The number of likely N-dealkylation sites (tertiary alicyclic amines) is 1. The van der Waals surface area contributed by atoms with Crippen molar-refractivity contribution in [1.82, 2.24) is 4.90 Å². The fraction of sp³-hybridized carbons (Fsp3) is 0.462. The Labute approximate surface area is 127 Å². The summed E-state index contributed by atoms with van der Waals surface area (Å²) >= 11 is 3.37. The molecule has 0 saturated carbocycles. The molecule has 1 unspecified atom stereocenters. The largest absolute Gasteiger partial charge is 0.496 e. The first-order chi connectivity index (χ1) is 8.65. The van der Waals surface area contributed by atoms with Crippen LogP contribution in [0.25, 0.3) is 0 Å². The molecule has 1 aromatic rings. The molecule has 0 bridgehead atoms. The SMILES string of the molecule is COc1cc(Br)ccc1C(=O)N1CCC(CN)C1.Cl. The Morgan fingerprint density at radius 1 is 1.58 bits per heavy atom. The zero-order valence-corrected chi connectivity index (χ0v) is 13.2. The molecule has 0 aromatic heterocycles. The van der Waals surface area contributed by atoms with E-state index in [1.165, 1.54) is 0 Å². The topological polar surface area (TPSA) is 55.6 Å². The summed E-state index contributed by atoms with van der Waals surface area (Å²) in [5.41, 5.74) is 6.25. The van der Waals surface area contributed by atoms with Crippen molar-refractivity contribution in [2.24, 2.45) is 11.7 Å². The molecule has 6 heteroatoms. The van der Waals surface area contributed by atoms with Gasteiger partial charge >= 0.3 is 0 Å². The minimum atomic E-state index is 0. The first-order valence-corrected chi connectivity index (χ1v) is 6.78. The van der Waals surface area contributed by atoms with E-state index in [1.54, 1.807) is 13.2 Å². The number of hydrogen-bond donors (Lipinski definition) is 1. The van der Waals surface area contributed by atoms with E-state index in [4.69, 9.17) is 10.5 Å². The summed E-state index contributed by atoms with van der Waals surface area (Å²) in [4.78, 5) is 14.2. The van der Waals surface area contributed by atoms with Crippen LogP contribution in [-0.2, 0) is 0 Å². The predicted molar refractivity (Wildman–Crippen MR) is 81.0 cm³/mol. The lowest BCUT2D eigenvalue weighted by molar-refractivity contribution is 0.0784. The van der Waals surface area contributed by atoms with E-state index >= 15 is 0 Å². The first-order valence-electron chi connectivity index (χ1n) is 5.98. The van der Waals surface area contributed by atoms with Gasteiger partial charge in [-0.25, -0.2) is 0 Å². The third kappa shape index (κ3) is 3.61. The number of nitrogens with zero attached hydrogens (tertiary/aromatic N) is 1. The second kappa shape index (κ2) is 7.12. The number of methoxy groups -OCH3 is 1. The molecule has 2 rings (SSSR count). The van der Waals surface area contributed by atoms with Gasteiger partial charge in [0.1, 0.15) is 5.75 Å². The van der Waals surface area contributed by atoms with Crippen LogP contribution in [0.5, 0.6) is 5.75 Å². The van der Waals surface area contributed by atoms with Crippen LogP contribution in [0.15, 0.2) is 22.7 Å². The minimum absolute atomic E-state index is 0. The number of benzene rings is 1. The molecule has 1 aromatic carbocycles. The third-order valence-electron chi connectivity index (χ3n) is 3.30. The van der Waals surface area contributed by atoms with E-state index in [9.17, 15) is 4.79 Å². The maximum Gasteiger partial charge on any atom is 0.257 e. The number of carbonyl (C=O) groups is 1. The van der Waals surface area contributed by atoms with Crippen LogP contribution in [0.2, 0.25) is 0 Å². The van der Waals surface area contributed by atoms with Crippen LogP contribution >= 0.6 is 28.3 Å². The Bertz CT molecular complexity index is 456. The maximum atomic E-state index is 12.4. The molecule has 1 aliphatic rings. The normalized spacial score (nSPS) is 18.1. The fourth-order valence-electron chi connectivity index (χ4n) is 2.22. The van der Waals surface area contributed by atoms with Crippen LogP contribution in [0, 0.1) is 5.92 Å². The van der Waals surface area contributed by atoms with Gasteiger partial charge in [0.2, 0.25) is 0 Å². The molecule has 1 atom stereocenters. The van der Waals surface area contributed by atoms with Gasteiger partial charge in [-0.3, -0.25) is 4.79 Å². The zero-order chi connectivity index (χ0) is 13.1. The molecule has 19 heavy (non-hydrogen) atoms. The highest BCUT2D eigenvalue weighted by molar-refractivity contribution is 9.10. The minimum Gasteiger partial charge on any atom is -0.496 e. The summed E-state index contributed by atoms with van der Waals surface area (Å²) < 4.78 is 6.16. The number of rotatable bonds is 3. The van der Waals surface area contributed by atoms with Gasteiger partial charge in [0, 0.05) is 17.6 Å². The third-order valence-corrected chi connectivity index (χ3v) is 3.79. The number of ether oxygens (including phenoxy) is 1. The number of carbonyl (C=O) groups excluding carboxylic acids is 1. The lowest BCUT2D eigenvalue weighted by atomic mass is 10.1. The average molecular weight is 350 g/mol. The van der Waals surface area contributed by atoms with Gasteiger partial charge in [0.15, 0.2) is 0 Å². The van der Waals surface area contributed by atoms with E-state index in [2.05, 4.69) is 15.9 Å². The van der Waals surface area contributed by atoms with Crippen molar-refractivity contribution < 1.29 is 9.53 Å². The zero-order valence-electron chi connectivity index (χ0n) is 10.8. The van der Waals surface area contributed by atoms with Gasteiger partial charge in [-0.05, 0) is 37.1 Å². The average Bonchev–Trinajstić information content (AvgIpc) is 2.86. The molecule has 1 heterocycles. The van der Waals surface area contributed by atoms with Gasteiger partial charge in [0.25, 0.3) is 5.91 Å². The number of halogens is 2. The molecular formula is C13H18BrClN2O2. The van der Waals surface area contributed by atoms with Gasteiger partial charge in [-0.15, -0.1) is 12.4 Å². The van der Waals surface area contributed by atoms with E-state index in [-0.39, 0.29) is 18.3 Å². The summed E-state index contributed by atoms with van der Waals surface area (Å²) in [6.07, 6.45) is 0.987. The van der Waals surface area contributed by atoms with Crippen LogP contribution in [-0.4, -0.2) is 37.6 Å². The van der Waals surface area contributed by atoms with Gasteiger partial charge in [-0.1, -0.05) is 15.9 Å². The standard InChI is InChI=1S/C13H17BrN2O2.ClH/c1-18-12-6-10(14)2-3-11(12)13(17)16-5-4-9(7-15)8-16;/h2-3,6,9H,4-5,7-8,15H2,1H3;1H.